The summed E-state index contributed by atoms with van der Waals surface area (Å²) in [5.41, 5.74) is 4.16. The molecule has 4 aromatic rings. The van der Waals surface area contributed by atoms with Crippen LogP contribution in [0.15, 0.2) is 59.5 Å². The lowest BCUT2D eigenvalue weighted by molar-refractivity contribution is -0.134. The second kappa shape index (κ2) is 8.49. The summed E-state index contributed by atoms with van der Waals surface area (Å²) < 4.78 is 13.5. The van der Waals surface area contributed by atoms with Crippen molar-refractivity contribution in [2.24, 2.45) is 0 Å². The fourth-order valence-electron chi connectivity index (χ4n) is 4.27. The van der Waals surface area contributed by atoms with Crippen molar-refractivity contribution in [1.82, 2.24) is 19.7 Å². The van der Waals surface area contributed by atoms with Gasteiger partial charge in [0.15, 0.2) is 6.61 Å². The average Bonchev–Trinajstić information content (AvgIpc) is 3.50. The van der Waals surface area contributed by atoms with E-state index in [2.05, 4.69) is 10.1 Å². The molecule has 1 aliphatic carbocycles. The number of rotatable bonds is 6. The van der Waals surface area contributed by atoms with E-state index >= 15 is 0 Å². The molecule has 164 valence electrons. The lowest BCUT2D eigenvalue weighted by Gasteiger charge is -2.25. The van der Waals surface area contributed by atoms with Crippen molar-refractivity contribution in [1.29, 1.82) is 0 Å². The Morgan fingerprint density at radius 2 is 2.00 bits per heavy atom. The third-order valence-corrected chi connectivity index (χ3v) is 6.32. The van der Waals surface area contributed by atoms with Crippen molar-refractivity contribution < 1.29 is 13.9 Å². The minimum absolute atomic E-state index is 0.0105. The first-order valence-electron chi connectivity index (χ1n) is 11.0. The molecule has 7 heteroatoms. The SMILES string of the molecule is CC(c1ccc(-n2cncn2)cc1)N(C)C(=O)COc1ccc2oc3c(c2c1)CCCC3. The van der Waals surface area contributed by atoms with Crippen LogP contribution in [0.5, 0.6) is 5.75 Å². The normalized spacial score (nSPS) is 14.2. The molecule has 0 fully saturated rings. The van der Waals surface area contributed by atoms with Crippen LogP contribution in [0.4, 0.5) is 0 Å². The van der Waals surface area contributed by atoms with Crippen molar-refractivity contribution >= 4 is 16.9 Å². The number of hydrogen-bond acceptors (Lipinski definition) is 5. The lowest BCUT2D eigenvalue weighted by Crippen LogP contribution is -2.33. The maximum absolute atomic E-state index is 12.8. The molecule has 0 N–H and O–H groups in total. The Morgan fingerprint density at radius 1 is 1.19 bits per heavy atom. The molecule has 1 amide bonds. The van der Waals surface area contributed by atoms with Crippen LogP contribution >= 0.6 is 0 Å². The van der Waals surface area contributed by atoms with E-state index in [9.17, 15) is 4.79 Å². The predicted molar refractivity (Wildman–Crippen MR) is 121 cm³/mol. The van der Waals surface area contributed by atoms with Crippen LogP contribution in [0.1, 0.15) is 42.7 Å². The van der Waals surface area contributed by atoms with Gasteiger partial charge in [0.1, 0.15) is 29.7 Å². The summed E-state index contributed by atoms with van der Waals surface area (Å²) in [5, 5.41) is 5.25. The number of likely N-dealkylation sites (N-methyl/N-ethyl adjacent to an activating group) is 1. The summed E-state index contributed by atoms with van der Waals surface area (Å²) in [6, 6.07) is 13.7. The third kappa shape index (κ3) is 3.86. The molecule has 32 heavy (non-hydrogen) atoms. The third-order valence-electron chi connectivity index (χ3n) is 6.32. The van der Waals surface area contributed by atoms with Crippen molar-refractivity contribution in [3.05, 3.63) is 72.0 Å². The molecule has 0 saturated carbocycles. The van der Waals surface area contributed by atoms with Crippen LogP contribution in [0.25, 0.3) is 16.7 Å². The van der Waals surface area contributed by atoms with E-state index in [-0.39, 0.29) is 18.6 Å². The minimum Gasteiger partial charge on any atom is -0.484 e. The molecule has 0 radical (unpaired) electrons. The highest BCUT2D eigenvalue weighted by Gasteiger charge is 2.20. The molecule has 5 rings (SSSR count). The number of amides is 1. The molecule has 1 unspecified atom stereocenters. The van der Waals surface area contributed by atoms with Crippen molar-refractivity contribution in [3.63, 3.8) is 0 Å². The van der Waals surface area contributed by atoms with Gasteiger partial charge in [-0.15, -0.1) is 0 Å². The number of hydrogen-bond donors (Lipinski definition) is 0. The molecule has 2 heterocycles. The van der Waals surface area contributed by atoms with Gasteiger partial charge in [0.25, 0.3) is 5.91 Å². The number of carbonyl (C=O) groups excluding carboxylic acids is 1. The predicted octanol–water partition coefficient (Wildman–Crippen LogP) is 4.49. The largest absolute Gasteiger partial charge is 0.484 e. The fourth-order valence-corrected chi connectivity index (χ4v) is 4.27. The number of aryl methyl sites for hydroxylation is 2. The number of aromatic nitrogens is 3. The summed E-state index contributed by atoms with van der Waals surface area (Å²) in [6.45, 7) is 2.00. The van der Waals surface area contributed by atoms with Gasteiger partial charge in [-0.05, 0) is 62.1 Å². The molecule has 0 bridgehead atoms. The average molecular weight is 431 g/mol. The zero-order chi connectivity index (χ0) is 22.1. The first-order valence-corrected chi connectivity index (χ1v) is 11.0. The van der Waals surface area contributed by atoms with Gasteiger partial charge in [0.2, 0.25) is 0 Å². The number of nitrogens with zero attached hydrogens (tertiary/aromatic N) is 4. The molecule has 0 spiro atoms. The molecule has 0 saturated heterocycles. The maximum Gasteiger partial charge on any atom is 0.260 e. The molecule has 2 aromatic carbocycles. The van der Waals surface area contributed by atoms with Crippen molar-refractivity contribution in [3.8, 4) is 11.4 Å². The van der Waals surface area contributed by atoms with Gasteiger partial charge < -0.3 is 14.1 Å². The molecule has 1 aliphatic rings. The Labute approximate surface area is 186 Å². The number of furan rings is 1. The van der Waals surface area contributed by atoms with Gasteiger partial charge in [0.05, 0.1) is 11.7 Å². The highest BCUT2D eigenvalue weighted by atomic mass is 16.5. The van der Waals surface area contributed by atoms with E-state index in [1.54, 1.807) is 23.0 Å². The van der Waals surface area contributed by atoms with Crippen molar-refractivity contribution in [2.75, 3.05) is 13.7 Å². The number of benzene rings is 2. The zero-order valence-electron chi connectivity index (χ0n) is 18.3. The van der Waals surface area contributed by atoms with Crippen LogP contribution < -0.4 is 4.74 Å². The quantitative estimate of drug-likeness (QED) is 0.451. The van der Waals surface area contributed by atoms with Crippen LogP contribution in [0.3, 0.4) is 0 Å². The van der Waals surface area contributed by atoms with Gasteiger partial charge in [-0.1, -0.05) is 12.1 Å². The van der Waals surface area contributed by atoms with E-state index in [1.165, 1.54) is 24.7 Å². The van der Waals surface area contributed by atoms with E-state index < -0.39 is 0 Å². The first-order chi connectivity index (χ1) is 15.6. The highest BCUT2D eigenvalue weighted by molar-refractivity contribution is 5.84. The Bertz CT molecular complexity index is 1230. The molecule has 0 aliphatic heterocycles. The summed E-state index contributed by atoms with van der Waals surface area (Å²) in [7, 11) is 1.80. The molecular weight excluding hydrogens is 404 g/mol. The van der Waals surface area contributed by atoms with E-state index in [4.69, 9.17) is 9.15 Å². The van der Waals surface area contributed by atoms with Gasteiger partial charge in [-0.2, -0.15) is 5.10 Å². The van der Waals surface area contributed by atoms with E-state index in [1.807, 2.05) is 49.4 Å². The van der Waals surface area contributed by atoms with E-state index in [0.29, 0.717) is 5.75 Å². The topological polar surface area (TPSA) is 73.4 Å². The molecule has 2 aromatic heterocycles. The van der Waals surface area contributed by atoms with Gasteiger partial charge in [-0.3, -0.25) is 4.79 Å². The summed E-state index contributed by atoms with van der Waals surface area (Å²) >= 11 is 0. The van der Waals surface area contributed by atoms with Gasteiger partial charge in [-0.25, -0.2) is 9.67 Å². The second-order valence-corrected chi connectivity index (χ2v) is 8.27. The van der Waals surface area contributed by atoms with Gasteiger partial charge >= 0.3 is 0 Å². The molecule has 1 atom stereocenters. The zero-order valence-corrected chi connectivity index (χ0v) is 18.3. The summed E-state index contributed by atoms with van der Waals surface area (Å²) in [4.78, 5) is 18.5. The Morgan fingerprint density at radius 3 is 2.78 bits per heavy atom. The Hall–Kier alpha value is -3.61. The van der Waals surface area contributed by atoms with Crippen LogP contribution in [-0.4, -0.2) is 39.2 Å². The summed E-state index contributed by atoms with van der Waals surface area (Å²) in [5.74, 6) is 1.72. The minimum atomic E-state index is -0.0840. The van der Waals surface area contributed by atoms with Gasteiger partial charge in [0, 0.05) is 24.4 Å². The standard InChI is InChI=1S/C25H26N4O3/c1-17(18-7-9-19(10-8-18)29-16-26-15-27-29)28(2)25(30)14-31-20-11-12-24-22(13-20)21-5-3-4-6-23(21)32-24/h7-13,15-17H,3-6,14H2,1-2H3. The maximum atomic E-state index is 12.8. The smallest absolute Gasteiger partial charge is 0.260 e. The Balaban J connectivity index is 1.23. The van der Waals surface area contributed by atoms with Crippen LogP contribution in [-0.2, 0) is 17.6 Å². The fraction of sp³-hybridized carbons (Fsp3) is 0.320. The molecular formula is C25H26N4O3. The Kier molecular flexibility index (Phi) is 5.39. The highest BCUT2D eigenvalue weighted by Crippen LogP contribution is 2.34. The van der Waals surface area contributed by atoms with Crippen LogP contribution in [0.2, 0.25) is 0 Å². The number of ether oxygens (including phenoxy) is 1. The lowest BCUT2D eigenvalue weighted by atomic mass is 9.96. The van der Waals surface area contributed by atoms with Crippen molar-refractivity contribution in [2.45, 2.75) is 38.6 Å². The number of carbonyl (C=O) groups is 1. The summed E-state index contributed by atoms with van der Waals surface area (Å²) in [6.07, 6.45) is 7.57. The van der Waals surface area contributed by atoms with E-state index in [0.717, 1.165) is 40.8 Å². The van der Waals surface area contributed by atoms with Crippen LogP contribution in [0, 0.1) is 0 Å². The monoisotopic (exact) mass is 430 g/mol. The number of fused-ring (bicyclic) bond motifs is 3. The second-order valence-electron chi connectivity index (χ2n) is 8.27. The molecule has 7 nitrogen and oxygen atoms in total. The first kappa shape index (κ1) is 20.3.